The minimum atomic E-state index is -0.480. The number of hydrogen-bond acceptors (Lipinski definition) is 20. The van der Waals surface area contributed by atoms with Crippen molar-refractivity contribution in [1.29, 1.82) is 0 Å². The summed E-state index contributed by atoms with van der Waals surface area (Å²) in [6, 6.07) is 0. The normalized spacial score (nSPS) is 20.5. The second kappa shape index (κ2) is 17.7. The van der Waals surface area contributed by atoms with Crippen LogP contribution in [0.4, 0.5) is 23.5 Å². The number of ether oxygens (including phenoxy) is 4. The second-order valence-electron chi connectivity index (χ2n) is 18.4. The van der Waals surface area contributed by atoms with Gasteiger partial charge in [-0.3, -0.25) is 0 Å². The molecule has 350 valence electrons. The standard InChI is InChI=1S/C18H22N8O2.C14H18ClN5O2.C10H16BN3O2/c1-18(2)16-22-12-14(25-3-6-27-7-4-25)23-13(11-9-20-17(19)21-10-11)24-15(12)26(16)5-8-28-18;1-14(2)12-16-9-10(19-3-6-21-7-4-19)17-13(15)18-11(9)20(12)5-8-22-14;1-9(2)10(3,4)16-11(15-9)7-5-13-8(12)14-6-7/h9-10H,3-8H2,1-2H3,(H2,19,20,21);3-8H2,1-2H3;5-6H,1-4H3,(H2,12,13,14). The molecule has 3 saturated heterocycles. The minimum Gasteiger partial charge on any atom is -0.399 e. The summed E-state index contributed by atoms with van der Waals surface area (Å²) in [7, 11) is -0.425. The Balaban J connectivity index is 0.000000130. The van der Waals surface area contributed by atoms with Gasteiger partial charge in [0.05, 0.1) is 56.4 Å². The lowest BCUT2D eigenvalue weighted by Gasteiger charge is -2.32. The van der Waals surface area contributed by atoms with Crippen molar-refractivity contribution in [3.8, 4) is 11.4 Å². The lowest BCUT2D eigenvalue weighted by Crippen LogP contribution is -2.41. The van der Waals surface area contributed by atoms with E-state index in [0.717, 1.165) is 83.8 Å². The minimum absolute atomic E-state index is 0.221. The van der Waals surface area contributed by atoms with E-state index >= 15 is 0 Å². The van der Waals surface area contributed by atoms with E-state index in [2.05, 4.69) is 48.8 Å². The zero-order valence-corrected chi connectivity index (χ0v) is 39.4. The maximum atomic E-state index is 6.16. The quantitative estimate of drug-likeness (QED) is 0.190. The average Bonchev–Trinajstić information content (AvgIpc) is 3.94. The molecule has 0 amide bonds. The van der Waals surface area contributed by atoms with Gasteiger partial charge in [0, 0.05) is 69.5 Å². The van der Waals surface area contributed by atoms with Gasteiger partial charge in [0.15, 0.2) is 39.8 Å². The lowest BCUT2D eigenvalue weighted by molar-refractivity contribution is -0.0532. The number of fused-ring (bicyclic) bond motifs is 6. The van der Waals surface area contributed by atoms with Crippen LogP contribution in [0.15, 0.2) is 24.8 Å². The predicted molar refractivity (Wildman–Crippen MR) is 247 cm³/mol. The Morgan fingerprint density at radius 1 is 0.545 bits per heavy atom. The summed E-state index contributed by atoms with van der Waals surface area (Å²) in [4.78, 5) is 48.6. The van der Waals surface area contributed by atoms with Crippen molar-refractivity contribution < 1.29 is 28.3 Å². The summed E-state index contributed by atoms with van der Waals surface area (Å²) < 4.78 is 38.6. The maximum Gasteiger partial charge on any atom is 0.498 e. The highest BCUT2D eigenvalue weighted by Gasteiger charge is 2.52. The maximum absolute atomic E-state index is 6.16. The number of hydrogen-bond donors (Lipinski definition) is 2. The molecule has 5 aliphatic heterocycles. The van der Waals surface area contributed by atoms with Crippen LogP contribution >= 0.6 is 11.6 Å². The van der Waals surface area contributed by atoms with Crippen molar-refractivity contribution in [2.24, 2.45) is 0 Å². The Morgan fingerprint density at radius 3 is 1.47 bits per heavy atom. The van der Waals surface area contributed by atoms with E-state index in [1.165, 1.54) is 0 Å². The van der Waals surface area contributed by atoms with Gasteiger partial charge in [-0.2, -0.15) is 9.97 Å². The molecule has 0 spiro atoms. The molecule has 66 heavy (non-hydrogen) atoms. The number of imidazole rings is 2. The summed E-state index contributed by atoms with van der Waals surface area (Å²) in [6.45, 7) is 24.6. The van der Waals surface area contributed by atoms with Crippen LogP contribution in [0.3, 0.4) is 0 Å². The van der Waals surface area contributed by atoms with E-state index < -0.39 is 18.3 Å². The first-order valence-corrected chi connectivity index (χ1v) is 22.5. The Kier molecular flexibility index (Phi) is 12.2. The van der Waals surface area contributed by atoms with Gasteiger partial charge in [0.25, 0.3) is 0 Å². The molecular formula is C42H56BClN16O6. The number of halogens is 1. The molecule has 0 radical (unpaired) electrons. The number of morpholine rings is 2. The topological polar surface area (TPSA) is 253 Å². The SMILES string of the molecule is CC1(C)OB(c2cnc(N)nc2)OC1(C)C.CC1(C)OCCn2c1nc1c(N3CCOCC3)nc(-c3cnc(N)nc3)nc12.CC1(C)OCCn2c1nc1c(N3CCOCC3)nc(Cl)nc12. The third kappa shape index (κ3) is 8.92. The van der Waals surface area contributed by atoms with Gasteiger partial charge in [0.1, 0.15) is 22.9 Å². The number of aromatic nitrogens is 12. The molecule has 0 saturated carbocycles. The van der Waals surface area contributed by atoms with Crippen molar-refractivity contribution >= 4 is 70.0 Å². The van der Waals surface area contributed by atoms with Crippen LogP contribution in [0.1, 0.15) is 67.0 Å². The summed E-state index contributed by atoms with van der Waals surface area (Å²) >= 11 is 6.16. The van der Waals surface area contributed by atoms with Crippen LogP contribution in [0, 0.1) is 0 Å². The summed E-state index contributed by atoms with van der Waals surface area (Å²) in [5.41, 5.74) is 14.1. The molecule has 4 N–H and O–H groups in total. The molecule has 22 nitrogen and oxygen atoms in total. The monoisotopic (exact) mass is 926 g/mol. The molecule has 11 rings (SSSR count). The highest BCUT2D eigenvalue weighted by Crippen LogP contribution is 2.38. The van der Waals surface area contributed by atoms with Gasteiger partial charge < -0.3 is 58.7 Å². The summed E-state index contributed by atoms with van der Waals surface area (Å²) in [5.74, 6) is 4.36. The van der Waals surface area contributed by atoms with E-state index in [-0.39, 0.29) is 28.4 Å². The molecule has 24 heteroatoms. The van der Waals surface area contributed by atoms with Gasteiger partial charge in [-0.25, -0.2) is 39.9 Å². The van der Waals surface area contributed by atoms with Gasteiger partial charge in [0.2, 0.25) is 17.2 Å². The fourth-order valence-electron chi connectivity index (χ4n) is 8.23. The van der Waals surface area contributed by atoms with Crippen LogP contribution in [0.25, 0.3) is 33.7 Å². The number of nitrogens with two attached hydrogens (primary N) is 2. The Morgan fingerprint density at radius 2 is 0.985 bits per heavy atom. The first-order valence-electron chi connectivity index (χ1n) is 22.1. The number of rotatable bonds is 4. The van der Waals surface area contributed by atoms with Crippen molar-refractivity contribution in [3.63, 3.8) is 0 Å². The predicted octanol–water partition coefficient (Wildman–Crippen LogP) is 2.91. The summed E-state index contributed by atoms with van der Waals surface area (Å²) in [5, 5.41) is 0.251. The van der Waals surface area contributed by atoms with Crippen LogP contribution in [-0.4, -0.2) is 143 Å². The molecule has 0 bridgehead atoms. The van der Waals surface area contributed by atoms with E-state index in [4.69, 9.17) is 71.3 Å². The lowest BCUT2D eigenvalue weighted by atomic mass is 9.81. The fourth-order valence-corrected chi connectivity index (χ4v) is 8.39. The molecule has 3 fully saturated rings. The number of nitrogens with zero attached hydrogens (tertiary/aromatic N) is 14. The van der Waals surface area contributed by atoms with Crippen molar-refractivity contribution in [2.75, 3.05) is 87.1 Å². The molecule has 0 aliphatic carbocycles. The van der Waals surface area contributed by atoms with E-state index in [1.54, 1.807) is 24.8 Å². The average molecular weight is 927 g/mol. The largest absolute Gasteiger partial charge is 0.498 e. The fraction of sp³-hybridized carbons (Fsp3) is 0.571. The third-order valence-corrected chi connectivity index (χ3v) is 12.7. The van der Waals surface area contributed by atoms with Gasteiger partial charge in [-0.1, -0.05) is 0 Å². The van der Waals surface area contributed by atoms with Gasteiger partial charge in [-0.05, 0) is 67.0 Å². The zero-order chi connectivity index (χ0) is 46.6. The Hall–Kier alpha value is -5.43. The van der Waals surface area contributed by atoms with Crippen LogP contribution in [-0.2, 0) is 52.5 Å². The van der Waals surface area contributed by atoms with Gasteiger partial charge >= 0.3 is 7.12 Å². The molecule has 11 heterocycles. The molecule has 0 unspecified atom stereocenters. The van der Waals surface area contributed by atoms with Crippen molar-refractivity contribution in [3.05, 3.63) is 41.7 Å². The van der Waals surface area contributed by atoms with Crippen LogP contribution in [0.5, 0.6) is 0 Å². The smallest absolute Gasteiger partial charge is 0.399 e. The van der Waals surface area contributed by atoms with Crippen molar-refractivity contribution in [2.45, 2.75) is 90.9 Å². The highest BCUT2D eigenvalue weighted by atomic mass is 35.5. The van der Waals surface area contributed by atoms with E-state index in [9.17, 15) is 0 Å². The Labute approximate surface area is 387 Å². The first kappa shape index (κ1) is 45.7. The molecule has 5 aliphatic rings. The van der Waals surface area contributed by atoms with Crippen LogP contribution in [0.2, 0.25) is 5.28 Å². The zero-order valence-electron chi connectivity index (χ0n) is 38.6. The Bertz CT molecular complexity index is 2690. The van der Waals surface area contributed by atoms with Crippen molar-refractivity contribution in [1.82, 2.24) is 59.0 Å². The highest BCUT2D eigenvalue weighted by molar-refractivity contribution is 6.61. The number of nitrogen functional groups attached to an aromatic ring is 2. The number of anilines is 4. The molecule has 6 aromatic rings. The molecule has 0 atom stereocenters. The summed E-state index contributed by atoms with van der Waals surface area (Å²) in [6.07, 6.45) is 6.55. The third-order valence-electron chi connectivity index (χ3n) is 12.5. The van der Waals surface area contributed by atoms with Gasteiger partial charge in [-0.15, -0.1) is 0 Å². The van der Waals surface area contributed by atoms with Crippen LogP contribution < -0.4 is 26.7 Å². The molecule has 6 aromatic heterocycles. The van der Waals surface area contributed by atoms with E-state index in [1.807, 2.05) is 55.4 Å². The van der Waals surface area contributed by atoms with E-state index in [0.29, 0.717) is 57.6 Å². The molecule has 0 aromatic carbocycles. The first-order chi connectivity index (χ1) is 31.4. The molecular weight excluding hydrogens is 871 g/mol. The second-order valence-corrected chi connectivity index (χ2v) is 18.8.